The maximum Gasteiger partial charge on any atom is 0.0357 e. The Morgan fingerprint density at radius 1 is 1.50 bits per heavy atom. The molecule has 0 aliphatic heterocycles. The van der Waals surface area contributed by atoms with Crippen molar-refractivity contribution in [2.75, 3.05) is 6.54 Å². The fraction of sp³-hybridized carbons (Fsp3) is 0.800. The first-order valence-corrected chi connectivity index (χ1v) is 2.40. The van der Waals surface area contributed by atoms with Gasteiger partial charge < -0.3 is 0 Å². The number of aliphatic imine (C=N–C) groups is 1. The molecule has 0 heterocycles. The first-order valence-electron chi connectivity index (χ1n) is 2.40. The van der Waals surface area contributed by atoms with Gasteiger partial charge in [0.25, 0.3) is 0 Å². The molecule has 0 aromatic rings. The minimum Gasteiger partial charge on any atom is -0.298 e. The molecular formula is C5H11N. The Labute approximate surface area is 39.1 Å². The Bertz CT molecular complexity index is 33.2. The largest absolute Gasteiger partial charge is 0.298 e. The Balaban J connectivity index is 2.73. The fourth-order valence-corrected chi connectivity index (χ4v) is 0.258. The molecule has 1 nitrogen and oxygen atoms in total. The van der Waals surface area contributed by atoms with Crippen molar-refractivity contribution in [2.24, 2.45) is 4.99 Å². The highest BCUT2D eigenvalue weighted by Crippen LogP contribution is 1.66. The van der Waals surface area contributed by atoms with Crippen molar-refractivity contribution >= 4 is 6.21 Å². The standard InChI is InChI=1S/C5H11N/c1-3-5-6-4-2/h5H,3-4H2,1-2H3/i1+1,2+1,3+1,4+1,5+1. The molecule has 0 fully saturated rings. The molecule has 0 amide bonds. The lowest BCUT2D eigenvalue weighted by molar-refractivity contribution is 1.12. The lowest BCUT2D eigenvalue weighted by atomic mass is 11.5. The van der Waals surface area contributed by atoms with Gasteiger partial charge in [0.1, 0.15) is 0 Å². The molecule has 0 saturated heterocycles. The fourth-order valence-electron chi connectivity index (χ4n) is 0.258. The maximum absolute atomic E-state index is 3.97. The first kappa shape index (κ1) is 5.67. The Morgan fingerprint density at radius 3 is 2.33 bits per heavy atom. The number of rotatable bonds is 2. The minimum atomic E-state index is 0.924. The van der Waals surface area contributed by atoms with Crippen LogP contribution in [0.4, 0.5) is 0 Å². The van der Waals surface area contributed by atoms with Crippen molar-refractivity contribution in [1.29, 1.82) is 0 Å². The van der Waals surface area contributed by atoms with Gasteiger partial charge in [-0.2, -0.15) is 0 Å². The molecule has 0 aromatic carbocycles. The van der Waals surface area contributed by atoms with Gasteiger partial charge in [0.05, 0.1) is 0 Å². The van der Waals surface area contributed by atoms with Gasteiger partial charge in [0.15, 0.2) is 0 Å². The van der Waals surface area contributed by atoms with Crippen LogP contribution in [0.2, 0.25) is 0 Å². The third-order valence-corrected chi connectivity index (χ3v) is 0.494. The van der Waals surface area contributed by atoms with Crippen LogP contribution >= 0.6 is 0 Å². The monoisotopic (exact) mass is 90.1 g/mol. The van der Waals surface area contributed by atoms with Crippen molar-refractivity contribution in [3.05, 3.63) is 0 Å². The molecule has 0 rings (SSSR count). The highest BCUT2D eigenvalue weighted by molar-refractivity contribution is 5.56. The molecule has 0 aromatic heterocycles. The van der Waals surface area contributed by atoms with E-state index in [0.717, 1.165) is 13.0 Å². The summed E-state index contributed by atoms with van der Waals surface area (Å²) in [6, 6.07) is 0. The predicted molar refractivity (Wildman–Crippen MR) is 29.3 cm³/mol. The highest BCUT2D eigenvalue weighted by atomic mass is 15.0. The average molecular weight is 90.1 g/mol. The summed E-state index contributed by atoms with van der Waals surface area (Å²) in [6.45, 7) is 5.04. The molecule has 6 heavy (non-hydrogen) atoms. The molecule has 0 unspecified atom stereocenters. The minimum absolute atomic E-state index is 0.924. The molecule has 0 saturated carbocycles. The Morgan fingerprint density at radius 2 is 2.17 bits per heavy atom. The van der Waals surface area contributed by atoms with Crippen molar-refractivity contribution in [1.82, 2.24) is 0 Å². The van der Waals surface area contributed by atoms with Gasteiger partial charge in [-0.1, -0.05) is 6.92 Å². The van der Waals surface area contributed by atoms with Crippen LogP contribution in [-0.2, 0) is 0 Å². The van der Waals surface area contributed by atoms with Crippen LogP contribution in [0.3, 0.4) is 0 Å². The van der Waals surface area contributed by atoms with E-state index in [2.05, 4.69) is 11.9 Å². The second-order valence-corrected chi connectivity index (χ2v) is 1.09. The van der Waals surface area contributed by atoms with Crippen LogP contribution in [0.5, 0.6) is 0 Å². The lowest BCUT2D eigenvalue weighted by Crippen LogP contribution is -1.68. The van der Waals surface area contributed by atoms with Gasteiger partial charge in [-0.3, -0.25) is 4.99 Å². The van der Waals surface area contributed by atoms with E-state index < -0.39 is 0 Å². The van der Waals surface area contributed by atoms with Crippen molar-refractivity contribution in [3.63, 3.8) is 0 Å². The predicted octanol–water partition coefficient (Wildman–Crippen LogP) is 1.49. The summed E-state index contributed by atoms with van der Waals surface area (Å²) in [7, 11) is 0. The number of nitrogens with zero attached hydrogens (tertiary/aromatic N) is 1. The summed E-state index contributed by atoms with van der Waals surface area (Å²) < 4.78 is 0. The van der Waals surface area contributed by atoms with Gasteiger partial charge in [-0.25, -0.2) is 0 Å². The average Bonchev–Trinajstić information content (AvgIpc) is 1.61. The van der Waals surface area contributed by atoms with Gasteiger partial charge in [-0.05, 0) is 19.6 Å². The quantitative estimate of drug-likeness (QED) is 0.360. The van der Waals surface area contributed by atoms with Crippen LogP contribution in [0, 0.1) is 0 Å². The van der Waals surface area contributed by atoms with Gasteiger partial charge >= 0.3 is 0 Å². The molecule has 0 aliphatic carbocycles. The third-order valence-electron chi connectivity index (χ3n) is 0.494. The number of hydrogen-bond donors (Lipinski definition) is 0. The van der Waals surface area contributed by atoms with E-state index in [9.17, 15) is 0 Å². The smallest absolute Gasteiger partial charge is 0.0357 e. The van der Waals surface area contributed by atoms with Crippen molar-refractivity contribution < 1.29 is 0 Å². The van der Waals surface area contributed by atoms with Gasteiger partial charge in [0.2, 0.25) is 0 Å². The summed E-state index contributed by atoms with van der Waals surface area (Å²) in [4.78, 5) is 3.97. The van der Waals surface area contributed by atoms with Crippen LogP contribution in [0.15, 0.2) is 4.99 Å². The van der Waals surface area contributed by atoms with E-state index in [4.69, 9.17) is 0 Å². The summed E-state index contributed by atoms with van der Waals surface area (Å²) in [5.41, 5.74) is 0. The highest BCUT2D eigenvalue weighted by Gasteiger charge is 1.59. The summed E-state index contributed by atoms with van der Waals surface area (Å²) in [5, 5.41) is 0. The molecule has 0 bridgehead atoms. The Hall–Kier alpha value is -0.330. The zero-order chi connectivity index (χ0) is 4.83. The first-order chi connectivity index (χ1) is 2.91. The molecule has 0 atom stereocenters. The molecule has 0 N–H and O–H groups in total. The van der Waals surface area contributed by atoms with Crippen LogP contribution < -0.4 is 0 Å². The molecule has 0 spiro atoms. The maximum atomic E-state index is 3.97. The van der Waals surface area contributed by atoms with E-state index in [1.54, 1.807) is 0 Å². The zero-order valence-corrected chi connectivity index (χ0v) is 4.44. The van der Waals surface area contributed by atoms with E-state index in [1.807, 2.05) is 13.1 Å². The topological polar surface area (TPSA) is 12.4 Å². The third kappa shape index (κ3) is 3.67. The van der Waals surface area contributed by atoms with Crippen molar-refractivity contribution in [2.45, 2.75) is 20.3 Å². The molecular weight excluding hydrogens is 79.0 g/mol. The number of hydrogen-bond acceptors (Lipinski definition) is 1. The van der Waals surface area contributed by atoms with E-state index in [1.165, 1.54) is 0 Å². The second kappa shape index (κ2) is 4.67. The van der Waals surface area contributed by atoms with Gasteiger partial charge in [0, 0.05) is 6.54 Å². The van der Waals surface area contributed by atoms with Crippen LogP contribution in [-0.4, -0.2) is 12.8 Å². The van der Waals surface area contributed by atoms with Crippen LogP contribution in [0.25, 0.3) is 0 Å². The summed E-state index contributed by atoms with van der Waals surface area (Å²) in [5.74, 6) is 0. The second-order valence-electron chi connectivity index (χ2n) is 1.09. The van der Waals surface area contributed by atoms with E-state index >= 15 is 0 Å². The molecule has 36 valence electrons. The van der Waals surface area contributed by atoms with Crippen molar-refractivity contribution in [3.8, 4) is 0 Å². The van der Waals surface area contributed by atoms with E-state index in [0.29, 0.717) is 0 Å². The SMILES string of the molecule is [13CH3][13CH2][13CH]=N[13CH2][13CH3]. The molecule has 0 radical (unpaired) electrons. The molecule has 1 heteroatoms. The zero-order valence-electron chi connectivity index (χ0n) is 4.44. The normalized spacial score (nSPS) is 10.3. The summed E-state index contributed by atoms with van der Waals surface area (Å²) in [6.07, 6.45) is 2.99. The summed E-state index contributed by atoms with van der Waals surface area (Å²) >= 11 is 0. The van der Waals surface area contributed by atoms with Gasteiger partial charge in [-0.15, -0.1) is 0 Å². The Kier molecular flexibility index (Phi) is 4.41. The molecule has 0 aliphatic rings. The van der Waals surface area contributed by atoms with Crippen LogP contribution in [0.1, 0.15) is 20.3 Å². The van der Waals surface area contributed by atoms with E-state index in [-0.39, 0.29) is 0 Å². The lowest BCUT2D eigenvalue weighted by Gasteiger charge is -1.74.